The zero-order chi connectivity index (χ0) is 22.2. The highest BCUT2D eigenvalue weighted by Gasteiger charge is 2.76. The molecule has 1 heterocycles. The second kappa shape index (κ2) is 7.67. The second-order valence-electron chi connectivity index (χ2n) is 6.07. The molecule has 0 saturated heterocycles. The Morgan fingerprint density at radius 3 is 2.31 bits per heavy atom. The summed E-state index contributed by atoms with van der Waals surface area (Å²) in [7, 11) is 0. The van der Waals surface area contributed by atoms with Gasteiger partial charge in [-0.2, -0.15) is 35.8 Å². The number of carbonyl (C=O) groups is 2. The molecule has 13 heteroatoms. The zero-order valence-corrected chi connectivity index (χ0v) is 15.1. The molecule has 1 amide bonds. The number of hydrogen-bond acceptors (Lipinski definition) is 5. The van der Waals surface area contributed by atoms with Crippen LogP contribution in [0.4, 0.5) is 30.7 Å². The molecular weight excluding hydrogens is 417 g/mol. The molecule has 1 aliphatic rings. The summed E-state index contributed by atoms with van der Waals surface area (Å²) in [6.07, 6.45) is -5.91. The van der Waals surface area contributed by atoms with Gasteiger partial charge >= 0.3 is 29.9 Å². The minimum Gasteiger partial charge on any atom is -0.460 e. The fourth-order valence-electron chi connectivity index (χ4n) is 2.68. The number of halogens is 7. The zero-order valence-electron chi connectivity index (χ0n) is 15.1. The van der Waals surface area contributed by atoms with Crippen molar-refractivity contribution in [1.29, 1.82) is 0 Å². The number of nitrogens with zero attached hydrogens (tertiary/aromatic N) is 1. The van der Waals surface area contributed by atoms with Crippen molar-refractivity contribution in [2.75, 3.05) is 6.61 Å². The number of aryl methyl sites for hydroxylation is 1. The number of carbonyl (C=O) groups excluding carboxylic acids is 2. The molecular formula is C16H15F7N2O4. The molecule has 0 saturated carbocycles. The molecule has 162 valence electrons. The Morgan fingerprint density at radius 1 is 1.14 bits per heavy atom. The SMILES string of the molecule is CCOC(=O)c1oc2c(c1C)/C(=N/NC(=O)C(F)(F)C(F)(F)C(F)(F)F)CCC2. The lowest BCUT2D eigenvalue weighted by atomic mass is 9.93. The maximum absolute atomic E-state index is 13.4. The predicted octanol–water partition coefficient (Wildman–Crippen LogP) is 3.75. The van der Waals surface area contributed by atoms with E-state index in [1.54, 1.807) is 6.92 Å². The number of alkyl halides is 7. The van der Waals surface area contributed by atoms with Crippen molar-refractivity contribution < 1.29 is 49.5 Å². The number of rotatable bonds is 5. The van der Waals surface area contributed by atoms with Crippen LogP contribution in [0, 0.1) is 6.92 Å². The Balaban J connectivity index is 2.32. The molecule has 1 N–H and O–H groups in total. The Bertz CT molecular complexity index is 843. The second-order valence-corrected chi connectivity index (χ2v) is 6.07. The van der Waals surface area contributed by atoms with Crippen LogP contribution in [0.3, 0.4) is 0 Å². The van der Waals surface area contributed by atoms with Gasteiger partial charge in [0.25, 0.3) is 0 Å². The Kier molecular flexibility index (Phi) is 6.00. The Hall–Kier alpha value is -2.60. The standard InChI is InChI=1S/C16H15F7N2O4/c1-3-28-12(26)11-7(2)10-8(5-4-6-9(10)29-11)24-25-13(27)14(17,18)15(19,20)16(21,22)23/h3-6H2,1-2H3,(H,25,27)/b24-8+. The van der Waals surface area contributed by atoms with Crippen LogP contribution in [0.25, 0.3) is 0 Å². The van der Waals surface area contributed by atoms with E-state index in [2.05, 4.69) is 5.10 Å². The average molecular weight is 432 g/mol. The summed E-state index contributed by atoms with van der Waals surface area (Å²) in [6.45, 7) is 3.02. The maximum atomic E-state index is 13.4. The van der Waals surface area contributed by atoms with Crippen LogP contribution in [-0.4, -0.2) is 42.2 Å². The fraction of sp³-hybridized carbons (Fsp3) is 0.562. The first-order valence-corrected chi connectivity index (χ1v) is 8.24. The number of amides is 1. The van der Waals surface area contributed by atoms with E-state index in [0.717, 1.165) is 5.43 Å². The monoisotopic (exact) mass is 432 g/mol. The van der Waals surface area contributed by atoms with Crippen molar-refractivity contribution >= 4 is 17.6 Å². The molecule has 2 rings (SSSR count). The Labute approximate surface area is 159 Å². The van der Waals surface area contributed by atoms with Crippen LogP contribution in [0.5, 0.6) is 0 Å². The molecule has 0 unspecified atom stereocenters. The van der Waals surface area contributed by atoms with Crippen LogP contribution in [-0.2, 0) is 16.0 Å². The first-order chi connectivity index (χ1) is 13.3. The van der Waals surface area contributed by atoms with Gasteiger partial charge in [0, 0.05) is 17.5 Å². The summed E-state index contributed by atoms with van der Waals surface area (Å²) in [6, 6.07) is 0. The van der Waals surface area contributed by atoms with Crippen molar-refractivity contribution in [1.82, 2.24) is 5.43 Å². The molecule has 1 aromatic heterocycles. The molecule has 0 spiro atoms. The van der Waals surface area contributed by atoms with Crippen LogP contribution >= 0.6 is 0 Å². The van der Waals surface area contributed by atoms with Gasteiger partial charge in [0.15, 0.2) is 0 Å². The van der Waals surface area contributed by atoms with E-state index >= 15 is 0 Å². The van der Waals surface area contributed by atoms with Gasteiger partial charge in [-0.3, -0.25) is 4.79 Å². The normalized spacial score (nSPS) is 16.5. The molecule has 0 bridgehead atoms. The summed E-state index contributed by atoms with van der Waals surface area (Å²) >= 11 is 0. The van der Waals surface area contributed by atoms with Gasteiger partial charge < -0.3 is 9.15 Å². The van der Waals surface area contributed by atoms with E-state index in [9.17, 15) is 40.3 Å². The molecule has 0 fully saturated rings. The number of ether oxygens (including phenoxy) is 1. The topological polar surface area (TPSA) is 80.9 Å². The number of esters is 1. The molecule has 0 radical (unpaired) electrons. The van der Waals surface area contributed by atoms with Gasteiger partial charge in [-0.15, -0.1) is 0 Å². The van der Waals surface area contributed by atoms with Crippen LogP contribution in [0.15, 0.2) is 9.52 Å². The maximum Gasteiger partial charge on any atom is 0.460 e. The third kappa shape index (κ3) is 3.94. The smallest absolute Gasteiger partial charge is 0.460 e. The Morgan fingerprint density at radius 2 is 1.76 bits per heavy atom. The molecule has 6 nitrogen and oxygen atoms in total. The van der Waals surface area contributed by atoms with E-state index in [4.69, 9.17) is 9.15 Å². The number of hydrazone groups is 1. The molecule has 1 aromatic rings. The van der Waals surface area contributed by atoms with E-state index in [-0.39, 0.29) is 41.4 Å². The van der Waals surface area contributed by atoms with Crippen LogP contribution < -0.4 is 5.43 Å². The van der Waals surface area contributed by atoms with Crippen LogP contribution in [0.2, 0.25) is 0 Å². The number of nitrogens with one attached hydrogen (secondary N) is 1. The molecule has 0 aromatic carbocycles. The largest absolute Gasteiger partial charge is 0.460 e. The van der Waals surface area contributed by atoms with Crippen molar-refractivity contribution in [2.45, 2.75) is 51.1 Å². The number of furan rings is 1. The lowest BCUT2D eigenvalue weighted by Gasteiger charge is -2.26. The highest BCUT2D eigenvalue weighted by atomic mass is 19.4. The van der Waals surface area contributed by atoms with Gasteiger partial charge in [0.05, 0.1) is 12.3 Å². The third-order valence-corrected chi connectivity index (χ3v) is 4.11. The van der Waals surface area contributed by atoms with E-state index < -0.39 is 29.9 Å². The van der Waals surface area contributed by atoms with Crippen molar-refractivity contribution in [3.63, 3.8) is 0 Å². The van der Waals surface area contributed by atoms with Gasteiger partial charge in [0.2, 0.25) is 5.76 Å². The molecule has 0 aliphatic heterocycles. The highest BCUT2D eigenvalue weighted by molar-refractivity contribution is 6.06. The van der Waals surface area contributed by atoms with E-state index in [0.29, 0.717) is 12.8 Å². The minimum atomic E-state index is -6.64. The molecule has 0 atom stereocenters. The lowest BCUT2D eigenvalue weighted by Crippen LogP contribution is -2.58. The average Bonchev–Trinajstić information content (AvgIpc) is 2.96. The van der Waals surface area contributed by atoms with Crippen molar-refractivity contribution in [2.24, 2.45) is 5.10 Å². The van der Waals surface area contributed by atoms with Gasteiger partial charge in [-0.1, -0.05) is 0 Å². The third-order valence-electron chi connectivity index (χ3n) is 4.11. The van der Waals surface area contributed by atoms with Crippen molar-refractivity contribution in [3.05, 3.63) is 22.6 Å². The molecule has 29 heavy (non-hydrogen) atoms. The van der Waals surface area contributed by atoms with E-state index in [1.807, 2.05) is 0 Å². The minimum absolute atomic E-state index is 0.0448. The first-order valence-electron chi connectivity index (χ1n) is 8.24. The summed E-state index contributed by atoms with van der Waals surface area (Å²) in [5.74, 6) is -16.4. The van der Waals surface area contributed by atoms with Gasteiger partial charge in [0.1, 0.15) is 5.76 Å². The summed E-state index contributed by atoms with van der Waals surface area (Å²) in [5, 5.41) is 3.29. The summed E-state index contributed by atoms with van der Waals surface area (Å²) < 4.78 is 99.3. The molecule has 1 aliphatic carbocycles. The van der Waals surface area contributed by atoms with Gasteiger partial charge in [-0.25, -0.2) is 10.2 Å². The highest BCUT2D eigenvalue weighted by Crippen LogP contribution is 2.46. The quantitative estimate of drug-likeness (QED) is 0.437. The predicted molar refractivity (Wildman–Crippen MR) is 83.0 cm³/mol. The van der Waals surface area contributed by atoms with Gasteiger partial charge in [-0.05, 0) is 26.7 Å². The van der Waals surface area contributed by atoms with Crippen molar-refractivity contribution in [3.8, 4) is 0 Å². The number of fused-ring (bicyclic) bond motifs is 1. The lowest BCUT2D eigenvalue weighted by molar-refractivity contribution is -0.344. The first kappa shape index (κ1) is 22.7. The fourth-order valence-corrected chi connectivity index (χ4v) is 2.68. The number of hydrogen-bond donors (Lipinski definition) is 1. The van der Waals surface area contributed by atoms with Crippen LogP contribution in [0.1, 0.15) is 47.2 Å². The summed E-state index contributed by atoms with van der Waals surface area (Å²) in [4.78, 5) is 23.2. The van der Waals surface area contributed by atoms with E-state index in [1.165, 1.54) is 6.92 Å². The summed E-state index contributed by atoms with van der Waals surface area (Å²) in [5.41, 5.74) is 1.33.